The Bertz CT molecular complexity index is 1270. The van der Waals surface area contributed by atoms with Crippen molar-refractivity contribution < 1.29 is 9.72 Å². The molecular formula is C21H16Cl2N6O3. The third kappa shape index (κ3) is 4.96. The molecule has 1 amide bonds. The van der Waals surface area contributed by atoms with Gasteiger partial charge in [0.05, 0.1) is 24.4 Å². The van der Waals surface area contributed by atoms with E-state index in [1.165, 1.54) is 10.9 Å². The van der Waals surface area contributed by atoms with Crippen molar-refractivity contribution in [1.29, 1.82) is 0 Å². The Morgan fingerprint density at radius 3 is 2.12 bits per heavy atom. The number of benzene rings is 2. The molecule has 0 saturated carbocycles. The highest BCUT2D eigenvalue weighted by atomic mass is 35.5. The average Bonchev–Trinajstić information content (AvgIpc) is 3.30. The molecule has 0 aliphatic heterocycles. The van der Waals surface area contributed by atoms with Crippen LogP contribution < -0.4 is 5.32 Å². The molecule has 0 aliphatic rings. The fourth-order valence-corrected chi connectivity index (χ4v) is 3.47. The third-order valence-corrected chi connectivity index (χ3v) is 5.11. The van der Waals surface area contributed by atoms with Crippen molar-refractivity contribution in [3.05, 3.63) is 104 Å². The molecular weight excluding hydrogens is 455 g/mol. The number of carbonyl (C=O) groups is 1. The van der Waals surface area contributed by atoms with Crippen molar-refractivity contribution in [3.63, 3.8) is 0 Å². The zero-order chi connectivity index (χ0) is 22.7. The number of hydrogen-bond acceptors (Lipinski definition) is 5. The van der Waals surface area contributed by atoms with Crippen molar-refractivity contribution in [3.8, 4) is 0 Å². The molecule has 2 aromatic carbocycles. The lowest BCUT2D eigenvalue weighted by atomic mass is 10.1. The zero-order valence-electron chi connectivity index (χ0n) is 16.5. The Hall–Kier alpha value is -3.69. The molecule has 1 N–H and O–H groups in total. The van der Waals surface area contributed by atoms with Crippen molar-refractivity contribution in [2.45, 2.75) is 13.1 Å². The first-order chi connectivity index (χ1) is 15.4. The number of nitrogens with one attached hydrogen (secondary N) is 1. The molecule has 4 aromatic rings. The van der Waals surface area contributed by atoms with Gasteiger partial charge in [0.15, 0.2) is 10.8 Å². The summed E-state index contributed by atoms with van der Waals surface area (Å²) in [7, 11) is 0. The number of nitro groups is 1. The van der Waals surface area contributed by atoms with Gasteiger partial charge in [-0.2, -0.15) is 9.78 Å². The number of hydrogen-bond donors (Lipinski definition) is 1. The first-order valence-corrected chi connectivity index (χ1v) is 10.2. The van der Waals surface area contributed by atoms with Crippen LogP contribution in [0.5, 0.6) is 0 Å². The lowest BCUT2D eigenvalue weighted by Crippen LogP contribution is -2.13. The second-order valence-electron chi connectivity index (χ2n) is 6.92. The molecule has 162 valence electrons. The van der Waals surface area contributed by atoms with Gasteiger partial charge in [0, 0.05) is 11.8 Å². The zero-order valence-corrected chi connectivity index (χ0v) is 18.0. The second kappa shape index (κ2) is 9.21. The van der Waals surface area contributed by atoms with Gasteiger partial charge < -0.3 is 15.4 Å². The Morgan fingerprint density at radius 1 is 0.906 bits per heavy atom. The first kappa shape index (κ1) is 21.5. The van der Waals surface area contributed by atoms with Crippen molar-refractivity contribution >= 4 is 40.7 Å². The molecule has 0 saturated heterocycles. The summed E-state index contributed by atoms with van der Waals surface area (Å²) >= 11 is 12.0. The highest BCUT2D eigenvalue weighted by Gasteiger charge is 2.19. The summed E-state index contributed by atoms with van der Waals surface area (Å²) in [5.74, 6) is -0.484. The van der Waals surface area contributed by atoms with Crippen LogP contribution in [0.1, 0.15) is 21.5 Å². The summed E-state index contributed by atoms with van der Waals surface area (Å²) < 4.78 is 3.03. The molecule has 9 nitrogen and oxygen atoms in total. The molecule has 4 rings (SSSR count). The van der Waals surface area contributed by atoms with E-state index in [9.17, 15) is 14.9 Å². The van der Waals surface area contributed by atoms with E-state index < -0.39 is 10.7 Å². The number of aromatic nitrogens is 4. The Morgan fingerprint density at radius 2 is 1.50 bits per heavy atom. The van der Waals surface area contributed by atoms with Crippen molar-refractivity contribution in [2.75, 3.05) is 5.32 Å². The molecule has 2 heterocycles. The van der Waals surface area contributed by atoms with Crippen LogP contribution in [-0.2, 0) is 13.1 Å². The van der Waals surface area contributed by atoms with Gasteiger partial charge in [-0.1, -0.05) is 65.7 Å². The van der Waals surface area contributed by atoms with Gasteiger partial charge in [-0.15, -0.1) is 0 Å². The number of halogens is 2. The summed E-state index contributed by atoms with van der Waals surface area (Å²) in [5, 5.41) is 22.1. The summed E-state index contributed by atoms with van der Waals surface area (Å²) in [6.07, 6.45) is 3.04. The van der Waals surface area contributed by atoms with Crippen LogP contribution in [0, 0.1) is 10.1 Å². The van der Waals surface area contributed by atoms with E-state index in [0.717, 1.165) is 11.1 Å². The normalized spacial score (nSPS) is 10.8. The van der Waals surface area contributed by atoms with E-state index in [4.69, 9.17) is 23.2 Å². The third-order valence-electron chi connectivity index (χ3n) is 4.57. The smallest absolute Gasteiger partial charge is 0.358 e. The predicted molar refractivity (Wildman–Crippen MR) is 120 cm³/mol. The van der Waals surface area contributed by atoms with E-state index in [2.05, 4.69) is 15.5 Å². The Labute approximate surface area is 192 Å². The van der Waals surface area contributed by atoms with Crippen LogP contribution in [0.15, 0.2) is 67.0 Å². The maximum absolute atomic E-state index is 12.6. The number of anilines is 1. The number of carbonyl (C=O) groups excluding carboxylic acids is 1. The second-order valence-corrected chi connectivity index (χ2v) is 7.73. The monoisotopic (exact) mass is 470 g/mol. The lowest BCUT2D eigenvalue weighted by molar-refractivity contribution is -0.389. The molecule has 32 heavy (non-hydrogen) atoms. The standard InChI is InChI=1S/C21H16Cl2N6O3/c22-17-12-27(10-14-4-2-1-3-5-14)25-19(17)24-21(30)16-8-6-15(7-9-16)11-28-13-18(23)20(26-28)29(31)32/h1-9,12-13H,10-11H2,(H,24,25,30). The maximum atomic E-state index is 12.6. The first-order valence-electron chi connectivity index (χ1n) is 9.43. The van der Waals surface area contributed by atoms with Gasteiger partial charge in [-0.25, -0.2) is 0 Å². The van der Waals surface area contributed by atoms with Crippen LogP contribution in [0.3, 0.4) is 0 Å². The number of rotatable bonds is 7. The van der Waals surface area contributed by atoms with Crippen LogP contribution in [0.25, 0.3) is 0 Å². The SMILES string of the molecule is O=C(Nc1nn(Cc2ccccc2)cc1Cl)c1ccc(Cn2cc(Cl)c([N+](=O)[O-])n2)cc1. The average molecular weight is 471 g/mol. The fourth-order valence-electron chi connectivity index (χ4n) is 3.05. The van der Waals surface area contributed by atoms with Gasteiger partial charge in [-0.05, 0) is 28.2 Å². The van der Waals surface area contributed by atoms with Gasteiger partial charge in [0.2, 0.25) is 0 Å². The van der Waals surface area contributed by atoms with E-state index in [1.807, 2.05) is 30.3 Å². The van der Waals surface area contributed by atoms with Crippen LogP contribution in [0.4, 0.5) is 11.6 Å². The quantitative estimate of drug-likeness (QED) is 0.312. The topological polar surface area (TPSA) is 108 Å². The highest BCUT2D eigenvalue weighted by molar-refractivity contribution is 6.33. The Kier molecular flexibility index (Phi) is 6.20. The fraction of sp³-hybridized carbons (Fsp3) is 0.0952. The number of amides is 1. The molecule has 11 heteroatoms. The summed E-state index contributed by atoms with van der Waals surface area (Å²) in [4.78, 5) is 22.8. The van der Waals surface area contributed by atoms with E-state index in [1.54, 1.807) is 35.1 Å². The van der Waals surface area contributed by atoms with Crippen molar-refractivity contribution in [1.82, 2.24) is 19.6 Å². The molecule has 0 radical (unpaired) electrons. The van der Waals surface area contributed by atoms with Gasteiger partial charge in [-0.3, -0.25) is 9.48 Å². The Balaban J connectivity index is 1.41. The van der Waals surface area contributed by atoms with E-state index in [-0.39, 0.29) is 23.3 Å². The minimum atomic E-state index is -0.640. The predicted octanol–water partition coefficient (Wildman–Crippen LogP) is 4.64. The maximum Gasteiger partial charge on any atom is 0.408 e. The molecule has 0 aliphatic carbocycles. The van der Waals surface area contributed by atoms with E-state index >= 15 is 0 Å². The van der Waals surface area contributed by atoms with Crippen LogP contribution >= 0.6 is 23.2 Å². The van der Waals surface area contributed by atoms with E-state index in [0.29, 0.717) is 17.1 Å². The lowest BCUT2D eigenvalue weighted by Gasteiger charge is -2.05. The van der Waals surface area contributed by atoms with Crippen molar-refractivity contribution in [2.24, 2.45) is 0 Å². The summed E-state index contributed by atoms with van der Waals surface area (Å²) in [6, 6.07) is 16.5. The molecule has 0 fully saturated rings. The molecule has 0 unspecified atom stereocenters. The largest absolute Gasteiger partial charge is 0.408 e. The minimum Gasteiger partial charge on any atom is -0.358 e. The van der Waals surface area contributed by atoms with Gasteiger partial charge >= 0.3 is 5.82 Å². The number of nitrogens with zero attached hydrogens (tertiary/aromatic N) is 5. The summed E-state index contributed by atoms with van der Waals surface area (Å²) in [5.41, 5.74) is 2.26. The van der Waals surface area contributed by atoms with Gasteiger partial charge in [0.1, 0.15) is 5.02 Å². The minimum absolute atomic E-state index is 0.0328. The van der Waals surface area contributed by atoms with Crippen LogP contribution in [0.2, 0.25) is 10.0 Å². The molecule has 0 bridgehead atoms. The summed E-state index contributed by atoms with van der Waals surface area (Å²) in [6.45, 7) is 0.798. The van der Waals surface area contributed by atoms with Crippen LogP contribution in [-0.4, -0.2) is 30.4 Å². The molecule has 0 atom stereocenters. The van der Waals surface area contributed by atoms with Gasteiger partial charge in [0.25, 0.3) is 5.91 Å². The molecule has 0 spiro atoms. The highest BCUT2D eigenvalue weighted by Crippen LogP contribution is 2.23. The molecule has 2 aromatic heterocycles.